The van der Waals surface area contributed by atoms with Gasteiger partial charge < -0.3 is 4.74 Å². The normalized spacial score (nSPS) is 9.12. The largest absolute Gasteiger partial charge is 0.484 e. The van der Waals surface area contributed by atoms with Crippen LogP contribution in [0.4, 0.5) is 0 Å². The third-order valence-electron chi connectivity index (χ3n) is 0.782. The molecule has 2 heteroatoms. The third kappa shape index (κ3) is 1.23. The van der Waals surface area contributed by atoms with Crippen LogP contribution in [0.25, 0.3) is 0 Å². The Bertz CT molecular complexity index is 134. The molecule has 1 aromatic heterocycles. The van der Waals surface area contributed by atoms with Crippen molar-refractivity contribution >= 4 is 11.3 Å². The number of thiophene rings is 1. The van der Waals surface area contributed by atoms with Crippen molar-refractivity contribution in [2.45, 2.75) is 6.92 Å². The van der Waals surface area contributed by atoms with Crippen LogP contribution in [0.15, 0.2) is 17.5 Å². The lowest BCUT2D eigenvalue weighted by Crippen LogP contribution is -1.86. The first-order chi connectivity index (χ1) is 3.93. The molecule has 0 saturated heterocycles. The zero-order valence-corrected chi connectivity index (χ0v) is 5.57. The molecule has 0 aliphatic rings. The van der Waals surface area contributed by atoms with Crippen LogP contribution in [0.5, 0.6) is 5.06 Å². The van der Waals surface area contributed by atoms with Crippen LogP contribution in [0.3, 0.4) is 0 Å². The minimum atomic E-state index is 0.764. The van der Waals surface area contributed by atoms with Crippen LogP contribution in [-0.2, 0) is 0 Å². The molecule has 0 atom stereocenters. The smallest absolute Gasteiger partial charge is 0.173 e. The maximum Gasteiger partial charge on any atom is 0.173 e. The summed E-state index contributed by atoms with van der Waals surface area (Å²) in [5.41, 5.74) is 0. The minimum absolute atomic E-state index is 0.764. The lowest BCUT2D eigenvalue weighted by atomic mass is 10.6. The van der Waals surface area contributed by atoms with Crippen molar-refractivity contribution in [3.05, 3.63) is 17.5 Å². The Morgan fingerprint density at radius 3 is 3.12 bits per heavy atom. The van der Waals surface area contributed by atoms with Crippen LogP contribution in [0.1, 0.15) is 6.92 Å². The van der Waals surface area contributed by atoms with Crippen LogP contribution in [0.2, 0.25) is 0 Å². The van der Waals surface area contributed by atoms with E-state index in [4.69, 9.17) is 4.74 Å². The van der Waals surface area contributed by atoms with E-state index >= 15 is 0 Å². The van der Waals surface area contributed by atoms with Gasteiger partial charge in [0.05, 0.1) is 6.61 Å². The molecule has 0 N–H and O–H groups in total. The van der Waals surface area contributed by atoms with Gasteiger partial charge in [0.1, 0.15) is 0 Å². The highest BCUT2D eigenvalue weighted by atomic mass is 32.1. The van der Waals surface area contributed by atoms with Crippen LogP contribution in [0, 0.1) is 0 Å². The molecule has 0 aliphatic heterocycles. The highest BCUT2D eigenvalue weighted by molar-refractivity contribution is 7.11. The van der Waals surface area contributed by atoms with Crippen molar-refractivity contribution in [3.63, 3.8) is 0 Å². The van der Waals surface area contributed by atoms with Crippen molar-refractivity contribution < 1.29 is 4.74 Å². The molecule has 0 spiro atoms. The molecule has 1 aromatic rings. The van der Waals surface area contributed by atoms with Crippen LogP contribution < -0.4 is 4.74 Å². The van der Waals surface area contributed by atoms with Gasteiger partial charge in [-0.1, -0.05) is 0 Å². The van der Waals surface area contributed by atoms with Crippen molar-refractivity contribution in [1.29, 1.82) is 0 Å². The fraction of sp³-hybridized carbons (Fsp3) is 0.333. The Morgan fingerprint density at radius 2 is 2.62 bits per heavy atom. The molecule has 1 heterocycles. The molecule has 0 fully saturated rings. The van der Waals surface area contributed by atoms with E-state index in [2.05, 4.69) is 0 Å². The first kappa shape index (κ1) is 5.63. The summed E-state index contributed by atoms with van der Waals surface area (Å²) < 4.78 is 5.16. The van der Waals surface area contributed by atoms with Crippen molar-refractivity contribution in [2.24, 2.45) is 0 Å². The Labute approximate surface area is 52.9 Å². The van der Waals surface area contributed by atoms with Gasteiger partial charge in [0.25, 0.3) is 0 Å². The molecule has 0 amide bonds. The Kier molecular flexibility index (Phi) is 1.92. The minimum Gasteiger partial charge on any atom is -0.484 e. The highest BCUT2D eigenvalue weighted by Gasteiger charge is 1.86. The summed E-state index contributed by atoms with van der Waals surface area (Å²) in [5, 5.41) is 3.01. The van der Waals surface area contributed by atoms with Gasteiger partial charge in [0.2, 0.25) is 0 Å². The summed E-state index contributed by atoms with van der Waals surface area (Å²) in [6.45, 7) is 2.75. The summed E-state index contributed by atoms with van der Waals surface area (Å²) >= 11 is 1.63. The van der Waals surface area contributed by atoms with Crippen molar-refractivity contribution in [3.8, 4) is 5.06 Å². The second kappa shape index (κ2) is 2.72. The van der Waals surface area contributed by atoms with Crippen molar-refractivity contribution in [1.82, 2.24) is 0 Å². The summed E-state index contributed by atoms with van der Waals surface area (Å²) in [6.07, 6.45) is 0. The summed E-state index contributed by atoms with van der Waals surface area (Å²) in [6, 6.07) is 3.95. The monoisotopic (exact) mass is 128 g/mol. The second-order valence-electron chi connectivity index (χ2n) is 1.37. The molecular weight excluding hydrogens is 120 g/mol. The lowest BCUT2D eigenvalue weighted by molar-refractivity contribution is 0.350. The maximum atomic E-state index is 5.16. The standard InChI is InChI=1S/C6H8OS/c1-2-7-6-4-3-5-8-6/h3-5H,2H2,1H3. The van der Waals surface area contributed by atoms with Gasteiger partial charge >= 0.3 is 0 Å². The fourth-order valence-corrected chi connectivity index (χ4v) is 1.12. The van der Waals surface area contributed by atoms with Gasteiger partial charge in [0, 0.05) is 0 Å². The summed E-state index contributed by atoms with van der Waals surface area (Å²) in [4.78, 5) is 0. The Hall–Kier alpha value is -0.500. The Morgan fingerprint density at radius 1 is 1.75 bits per heavy atom. The Balaban J connectivity index is 2.50. The van der Waals surface area contributed by atoms with Gasteiger partial charge in [-0.2, -0.15) is 0 Å². The molecule has 0 radical (unpaired) electrons. The van der Waals surface area contributed by atoms with E-state index in [0.29, 0.717) is 0 Å². The van der Waals surface area contributed by atoms with E-state index in [1.165, 1.54) is 0 Å². The van der Waals surface area contributed by atoms with Gasteiger partial charge in [-0.15, -0.1) is 11.3 Å². The number of ether oxygens (including phenoxy) is 1. The molecule has 0 aromatic carbocycles. The molecule has 0 unspecified atom stereocenters. The van der Waals surface area contributed by atoms with E-state index < -0.39 is 0 Å². The fourth-order valence-electron chi connectivity index (χ4n) is 0.488. The number of rotatable bonds is 2. The van der Waals surface area contributed by atoms with E-state index in [0.717, 1.165) is 11.7 Å². The lowest BCUT2D eigenvalue weighted by Gasteiger charge is -1.93. The first-order valence-electron chi connectivity index (χ1n) is 2.60. The predicted octanol–water partition coefficient (Wildman–Crippen LogP) is 2.15. The van der Waals surface area contributed by atoms with Gasteiger partial charge in [-0.25, -0.2) is 0 Å². The zero-order chi connectivity index (χ0) is 5.82. The van der Waals surface area contributed by atoms with Crippen molar-refractivity contribution in [2.75, 3.05) is 6.61 Å². The second-order valence-corrected chi connectivity index (χ2v) is 2.28. The molecule has 8 heavy (non-hydrogen) atoms. The molecule has 1 rings (SSSR count). The van der Waals surface area contributed by atoms with E-state index in [1.54, 1.807) is 11.3 Å². The molecular formula is C6H8OS. The number of hydrogen-bond acceptors (Lipinski definition) is 2. The van der Waals surface area contributed by atoms with E-state index in [1.807, 2.05) is 24.4 Å². The predicted molar refractivity (Wildman–Crippen MR) is 35.5 cm³/mol. The van der Waals surface area contributed by atoms with Crippen LogP contribution in [-0.4, -0.2) is 6.61 Å². The van der Waals surface area contributed by atoms with E-state index in [-0.39, 0.29) is 0 Å². The summed E-state index contributed by atoms with van der Waals surface area (Å²) in [7, 11) is 0. The van der Waals surface area contributed by atoms with Gasteiger partial charge in [-0.05, 0) is 24.4 Å². The maximum absolute atomic E-state index is 5.16. The average molecular weight is 128 g/mol. The zero-order valence-electron chi connectivity index (χ0n) is 4.76. The van der Waals surface area contributed by atoms with E-state index in [9.17, 15) is 0 Å². The SMILES string of the molecule is CCOc1cccs1. The highest BCUT2D eigenvalue weighted by Crippen LogP contribution is 2.17. The molecule has 44 valence electrons. The average Bonchev–Trinajstić information content (AvgIpc) is 2.19. The van der Waals surface area contributed by atoms with Gasteiger partial charge in [-0.3, -0.25) is 0 Å². The number of hydrogen-bond donors (Lipinski definition) is 0. The first-order valence-corrected chi connectivity index (χ1v) is 3.47. The quantitative estimate of drug-likeness (QED) is 0.593. The molecule has 0 aliphatic carbocycles. The molecule has 0 bridgehead atoms. The molecule has 0 saturated carbocycles. The van der Waals surface area contributed by atoms with Gasteiger partial charge in [0.15, 0.2) is 5.06 Å². The third-order valence-corrected chi connectivity index (χ3v) is 1.56. The molecule has 1 nitrogen and oxygen atoms in total. The van der Waals surface area contributed by atoms with Crippen LogP contribution >= 0.6 is 11.3 Å². The topological polar surface area (TPSA) is 9.23 Å². The summed E-state index contributed by atoms with van der Waals surface area (Å²) in [5.74, 6) is 0.